The summed E-state index contributed by atoms with van der Waals surface area (Å²) in [7, 11) is 2.45. The van der Waals surface area contributed by atoms with E-state index in [2.05, 4.69) is 20.6 Å². The van der Waals surface area contributed by atoms with Crippen LogP contribution in [-0.2, 0) is 22.6 Å². The summed E-state index contributed by atoms with van der Waals surface area (Å²) in [5, 5.41) is 5.22. The largest absolute Gasteiger partial charge is 0.495 e. The highest BCUT2D eigenvalue weighted by atomic mass is 32.2. The molecule has 2 N–H and O–H groups in total. The van der Waals surface area contributed by atoms with Crippen LogP contribution in [0.4, 0.5) is 29.2 Å². The molecular formula is C28H32F4N6O5S. The van der Waals surface area contributed by atoms with Crippen molar-refractivity contribution in [1.82, 2.24) is 24.5 Å². The van der Waals surface area contributed by atoms with Crippen molar-refractivity contribution in [2.75, 3.05) is 52.9 Å². The van der Waals surface area contributed by atoms with Gasteiger partial charge in [-0.05, 0) is 31.3 Å². The third-order valence-electron chi connectivity index (χ3n) is 7.01. The van der Waals surface area contributed by atoms with E-state index in [9.17, 15) is 30.8 Å². The van der Waals surface area contributed by atoms with Gasteiger partial charge in [0, 0.05) is 38.8 Å². The molecule has 44 heavy (non-hydrogen) atoms. The van der Waals surface area contributed by atoms with E-state index in [1.165, 1.54) is 14.2 Å². The van der Waals surface area contributed by atoms with Gasteiger partial charge in [-0.2, -0.15) is 22.5 Å². The van der Waals surface area contributed by atoms with Crippen LogP contribution in [-0.4, -0.2) is 87.2 Å². The van der Waals surface area contributed by atoms with Crippen LogP contribution < -0.4 is 20.1 Å². The average Bonchev–Trinajstić information content (AvgIpc) is 3.29. The predicted octanol–water partition coefficient (Wildman–Crippen LogP) is 3.61. The summed E-state index contributed by atoms with van der Waals surface area (Å²) < 4.78 is 94.0. The van der Waals surface area contributed by atoms with E-state index >= 15 is 0 Å². The Balaban J connectivity index is 1.66. The van der Waals surface area contributed by atoms with Gasteiger partial charge < -0.3 is 25.0 Å². The Morgan fingerprint density at radius 2 is 1.86 bits per heavy atom. The van der Waals surface area contributed by atoms with Crippen molar-refractivity contribution < 1.29 is 40.2 Å². The van der Waals surface area contributed by atoms with Gasteiger partial charge in [-0.15, -0.1) is 0 Å². The number of nitrogens with one attached hydrogen (secondary N) is 2. The second-order valence-corrected chi connectivity index (χ2v) is 12.5. The number of benzene rings is 2. The molecule has 2 aromatic carbocycles. The zero-order valence-corrected chi connectivity index (χ0v) is 25.4. The van der Waals surface area contributed by atoms with E-state index in [1.807, 2.05) is 19.0 Å². The lowest BCUT2D eigenvalue weighted by atomic mass is 10.1. The van der Waals surface area contributed by atoms with E-state index in [1.54, 1.807) is 24.3 Å². The number of anilines is 2. The molecule has 238 valence electrons. The molecule has 2 atom stereocenters. The number of fused-ring (bicyclic) bond motifs is 1. The predicted molar refractivity (Wildman–Crippen MR) is 154 cm³/mol. The first-order valence-corrected chi connectivity index (χ1v) is 15.1. The molecule has 11 nitrogen and oxygen atoms in total. The summed E-state index contributed by atoms with van der Waals surface area (Å²) in [6, 6.07) is 8.01. The fourth-order valence-electron chi connectivity index (χ4n) is 4.74. The molecule has 1 aromatic heterocycles. The molecule has 0 radical (unpaired) electrons. The number of carbonyl (C=O) groups is 1. The van der Waals surface area contributed by atoms with Crippen molar-refractivity contribution in [3.8, 4) is 11.6 Å². The monoisotopic (exact) mass is 640 g/mol. The summed E-state index contributed by atoms with van der Waals surface area (Å²) in [6.45, 7) is 0.792. The van der Waals surface area contributed by atoms with Crippen molar-refractivity contribution in [2.45, 2.75) is 24.7 Å². The Labute approximate surface area is 252 Å². The first-order valence-electron chi connectivity index (χ1n) is 13.3. The molecule has 1 amide bonds. The maximum Gasteiger partial charge on any atom is 0.423 e. The number of carbonyl (C=O) groups excluding carboxylic acids is 1. The second-order valence-electron chi connectivity index (χ2n) is 10.4. The average molecular weight is 641 g/mol. The van der Waals surface area contributed by atoms with E-state index in [0.29, 0.717) is 23.9 Å². The minimum Gasteiger partial charge on any atom is -0.495 e. The molecule has 0 spiro atoms. The van der Waals surface area contributed by atoms with Crippen LogP contribution in [0.15, 0.2) is 42.6 Å². The number of amides is 1. The molecular weight excluding hydrogens is 608 g/mol. The van der Waals surface area contributed by atoms with E-state index in [4.69, 9.17) is 9.47 Å². The number of likely N-dealkylation sites (N-methyl/N-ethyl adjacent to an activating group) is 2. The highest BCUT2D eigenvalue weighted by molar-refractivity contribution is 7.88. The molecule has 3 aromatic rings. The summed E-state index contributed by atoms with van der Waals surface area (Å²) in [4.78, 5) is 22.0. The van der Waals surface area contributed by atoms with Gasteiger partial charge in [0.25, 0.3) is 5.91 Å². The molecule has 1 aliphatic rings. The van der Waals surface area contributed by atoms with Gasteiger partial charge in [-0.1, -0.05) is 24.3 Å². The quantitative estimate of drug-likeness (QED) is 0.303. The molecule has 0 unspecified atom stereocenters. The SMILES string of the molecule is COc1cc(C(=O)NCCN(C)C)c(F)cc1Nc1ncc(C(F)(F)F)c(O[C@@H]2Cc3ccccc3[C@H]2N(C)S(C)(=O)=O)n1. The normalized spacial score (nSPS) is 16.6. The molecule has 16 heteroatoms. The zero-order chi connectivity index (χ0) is 32.4. The number of alkyl halides is 3. The van der Waals surface area contributed by atoms with Crippen molar-refractivity contribution in [1.29, 1.82) is 0 Å². The maximum absolute atomic E-state index is 15.0. The number of halogens is 4. The number of aromatic nitrogens is 2. The van der Waals surface area contributed by atoms with Gasteiger partial charge in [-0.3, -0.25) is 4.79 Å². The summed E-state index contributed by atoms with van der Waals surface area (Å²) in [5.41, 5.74) is -0.348. The molecule has 4 rings (SSSR count). The minimum atomic E-state index is -4.91. The van der Waals surface area contributed by atoms with Gasteiger partial charge in [0.05, 0.1) is 30.7 Å². The first-order chi connectivity index (χ1) is 20.6. The lowest BCUT2D eigenvalue weighted by Crippen LogP contribution is -2.38. The Morgan fingerprint density at radius 3 is 2.50 bits per heavy atom. The Hall–Kier alpha value is -4.02. The molecule has 0 aliphatic heterocycles. The number of ether oxygens (including phenoxy) is 2. The van der Waals surface area contributed by atoms with Crippen molar-refractivity contribution in [3.05, 3.63) is 70.7 Å². The van der Waals surface area contributed by atoms with Gasteiger partial charge in [0.15, 0.2) is 0 Å². The number of sulfonamides is 1. The topological polar surface area (TPSA) is 126 Å². The third kappa shape index (κ3) is 7.36. The number of hydrogen-bond acceptors (Lipinski definition) is 9. The third-order valence-corrected chi connectivity index (χ3v) is 8.28. The summed E-state index contributed by atoms with van der Waals surface area (Å²) >= 11 is 0. The van der Waals surface area contributed by atoms with Crippen molar-refractivity contribution >= 4 is 27.6 Å². The Morgan fingerprint density at radius 1 is 1.16 bits per heavy atom. The van der Waals surface area contributed by atoms with Gasteiger partial charge in [0.2, 0.25) is 21.9 Å². The van der Waals surface area contributed by atoms with Crippen LogP contribution in [0.3, 0.4) is 0 Å². The van der Waals surface area contributed by atoms with Crippen LogP contribution in [0.5, 0.6) is 11.6 Å². The molecule has 0 bridgehead atoms. The number of hydrogen-bond donors (Lipinski definition) is 2. The highest BCUT2D eigenvalue weighted by Gasteiger charge is 2.43. The van der Waals surface area contributed by atoms with Crippen LogP contribution in [0, 0.1) is 5.82 Å². The van der Waals surface area contributed by atoms with Crippen molar-refractivity contribution in [2.24, 2.45) is 0 Å². The van der Waals surface area contributed by atoms with E-state index in [-0.39, 0.29) is 30.0 Å². The van der Waals surface area contributed by atoms with Gasteiger partial charge >= 0.3 is 6.18 Å². The van der Waals surface area contributed by atoms with Crippen LogP contribution in [0.2, 0.25) is 0 Å². The zero-order valence-electron chi connectivity index (χ0n) is 24.6. The van der Waals surface area contributed by atoms with Crippen LogP contribution >= 0.6 is 0 Å². The van der Waals surface area contributed by atoms with Crippen molar-refractivity contribution in [3.63, 3.8) is 0 Å². The molecule has 0 saturated heterocycles. The summed E-state index contributed by atoms with van der Waals surface area (Å²) in [5.74, 6) is -2.85. The smallest absolute Gasteiger partial charge is 0.423 e. The van der Waals surface area contributed by atoms with Crippen LogP contribution in [0.25, 0.3) is 0 Å². The lowest BCUT2D eigenvalue weighted by Gasteiger charge is -2.29. The number of nitrogens with zero attached hydrogens (tertiary/aromatic N) is 4. The van der Waals surface area contributed by atoms with Gasteiger partial charge in [-0.25, -0.2) is 17.8 Å². The lowest BCUT2D eigenvalue weighted by molar-refractivity contribution is -0.140. The standard InChI is InChI=1S/C28H32F4N6O5S/c1-37(2)11-10-33-25(39)18-13-22(42-4)21(14-20(18)29)35-27-34-15-19(28(30,31)32)26(36-27)43-23-12-16-8-6-7-9-17(16)24(23)38(3)44(5,40)41/h6-9,13-15,23-24H,10-12H2,1-5H3,(H,33,39)(H,34,35,36)/t23-,24-/m1/s1. The number of methoxy groups -OCH3 is 1. The molecule has 1 heterocycles. The number of rotatable bonds is 11. The molecule has 0 saturated carbocycles. The fourth-order valence-corrected chi connectivity index (χ4v) is 5.40. The van der Waals surface area contributed by atoms with Gasteiger partial charge in [0.1, 0.15) is 23.2 Å². The summed E-state index contributed by atoms with van der Waals surface area (Å²) in [6.07, 6.45) is -4.36. The highest BCUT2D eigenvalue weighted by Crippen LogP contribution is 2.42. The first kappa shape index (κ1) is 32.9. The molecule has 0 fully saturated rings. The maximum atomic E-state index is 15.0. The Bertz CT molecular complexity index is 1640. The van der Waals surface area contributed by atoms with E-state index < -0.39 is 57.5 Å². The Kier molecular flexibility index (Phi) is 9.65. The molecule has 1 aliphatic carbocycles. The van der Waals surface area contributed by atoms with E-state index in [0.717, 1.165) is 22.7 Å². The second kappa shape index (κ2) is 12.9. The minimum absolute atomic E-state index is 0.00351. The van der Waals surface area contributed by atoms with Crippen LogP contribution in [0.1, 0.15) is 33.1 Å². The fraction of sp³-hybridized carbons (Fsp3) is 0.393.